The number of carbonyl (C=O) groups excluding carboxylic acids is 1. The van der Waals surface area contributed by atoms with Gasteiger partial charge in [-0.2, -0.15) is 0 Å². The molecule has 2 nitrogen and oxygen atoms in total. The van der Waals surface area contributed by atoms with E-state index in [4.69, 9.17) is 4.74 Å². The Morgan fingerprint density at radius 1 is 1.22 bits per heavy atom. The predicted molar refractivity (Wildman–Crippen MR) is 94.0 cm³/mol. The number of fused-ring (bicyclic) bond motifs is 5. The summed E-state index contributed by atoms with van der Waals surface area (Å²) < 4.78 is 6.34. The number of hydrogen-bond acceptors (Lipinski definition) is 2. The van der Waals surface area contributed by atoms with Crippen LogP contribution in [0.25, 0.3) is 0 Å². The highest BCUT2D eigenvalue weighted by Gasteiger charge is 2.63. The van der Waals surface area contributed by atoms with Crippen molar-refractivity contribution in [2.24, 2.45) is 35.0 Å². The predicted octanol–water partition coefficient (Wildman–Crippen LogP) is 5.60. The Morgan fingerprint density at radius 2 is 1.96 bits per heavy atom. The van der Waals surface area contributed by atoms with E-state index in [1.807, 2.05) is 13.8 Å². The van der Waals surface area contributed by atoms with Crippen LogP contribution in [0.4, 0.5) is 0 Å². The molecular weight excluding hydrogens is 284 g/mol. The summed E-state index contributed by atoms with van der Waals surface area (Å²) in [7, 11) is 0. The Bertz CT molecular complexity index is 455. The number of esters is 1. The molecule has 6 unspecified atom stereocenters. The molecule has 3 rings (SSSR count). The molecule has 6 atom stereocenters. The minimum Gasteiger partial charge on any atom is -0.458 e. The minimum absolute atomic E-state index is 0.0369. The van der Waals surface area contributed by atoms with Crippen LogP contribution in [-0.4, -0.2) is 11.6 Å². The molecule has 2 bridgehead atoms. The molecule has 23 heavy (non-hydrogen) atoms. The van der Waals surface area contributed by atoms with Crippen LogP contribution in [-0.2, 0) is 9.53 Å². The molecule has 0 aromatic rings. The van der Waals surface area contributed by atoms with Gasteiger partial charge in [-0.3, -0.25) is 4.79 Å². The van der Waals surface area contributed by atoms with Crippen molar-refractivity contribution in [1.29, 1.82) is 0 Å². The van der Waals surface area contributed by atoms with Gasteiger partial charge in [0.15, 0.2) is 0 Å². The van der Waals surface area contributed by atoms with Crippen LogP contribution in [0.2, 0.25) is 0 Å². The van der Waals surface area contributed by atoms with Crippen molar-refractivity contribution in [3.63, 3.8) is 0 Å². The Labute approximate surface area is 142 Å². The van der Waals surface area contributed by atoms with Gasteiger partial charge in [-0.25, -0.2) is 0 Å². The average Bonchev–Trinajstić information content (AvgIpc) is 3.11. The van der Waals surface area contributed by atoms with Crippen LogP contribution in [0.1, 0.15) is 86.0 Å². The highest BCUT2D eigenvalue weighted by molar-refractivity contribution is 5.76. The second-order valence-electron chi connectivity index (χ2n) is 9.19. The third kappa shape index (κ3) is 2.65. The standard InChI is InChI=1S/C21H36O2/c1-6-14-10-9-11-16-15-12-17(18(14)16)21(8-3,13-15)23-19(22)20(4,5)7-2/h14-18H,6-13H2,1-5H3. The third-order valence-electron chi connectivity index (χ3n) is 7.92. The Balaban J connectivity index is 1.83. The van der Waals surface area contributed by atoms with Gasteiger partial charge < -0.3 is 4.74 Å². The summed E-state index contributed by atoms with van der Waals surface area (Å²) in [5, 5.41) is 0. The fourth-order valence-electron chi connectivity index (χ4n) is 6.12. The van der Waals surface area contributed by atoms with E-state index in [1.54, 1.807) is 0 Å². The third-order valence-corrected chi connectivity index (χ3v) is 7.92. The van der Waals surface area contributed by atoms with Crippen molar-refractivity contribution in [2.45, 2.75) is 91.6 Å². The highest BCUT2D eigenvalue weighted by Crippen LogP contribution is 2.65. The summed E-state index contributed by atoms with van der Waals surface area (Å²) in [6, 6.07) is 0. The van der Waals surface area contributed by atoms with Crippen LogP contribution in [0.15, 0.2) is 0 Å². The van der Waals surface area contributed by atoms with Crippen LogP contribution < -0.4 is 0 Å². The smallest absolute Gasteiger partial charge is 0.312 e. The van der Waals surface area contributed by atoms with Gasteiger partial charge in [-0.15, -0.1) is 0 Å². The second-order valence-corrected chi connectivity index (χ2v) is 9.19. The van der Waals surface area contributed by atoms with E-state index < -0.39 is 0 Å². The van der Waals surface area contributed by atoms with Gasteiger partial charge in [0.1, 0.15) is 5.60 Å². The van der Waals surface area contributed by atoms with Crippen molar-refractivity contribution in [2.75, 3.05) is 0 Å². The fraction of sp³-hybridized carbons (Fsp3) is 0.952. The average molecular weight is 321 g/mol. The fourth-order valence-corrected chi connectivity index (χ4v) is 6.12. The largest absolute Gasteiger partial charge is 0.458 e. The van der Waals surface area contributed by atoms with Crippen molar-refractivity contribution in [3.8, 4) is 0 Å². The summed E-state index contributed by atoms with van der Waals surface area (Å²) in [5.74, 6) is 4.10. The van der Waals surface area contributed by atoms with Crippen LogP contribution in [0, 0.1) is 35.0 Å². The Hall–Kier alpha value is -0.530. The zero-order valence-electron chi connectivity index (χ0n) is 15.9. The van der Waals surface area contributed by atoms with Gasteiger partial charge in [-0.1, -0.05) is 40.0 Å². The van der Waals surface area contributed by atoms with Gasteiger partial charge in [0.05, 0.1) is 5.41 Å². The van der Waals surface area contributed by atoms with Crippen LogP contribution >= 0.6 is 0 Å². The van der Waals surface area contributed by atoms with E-state index in [-0.39, 0.29) is 17.0 Å². The van der Waals surface area contributed by atoms with Crippen LogP contribution in [0.3, 0.4) is 0 Å². The van der Waals surface area contributed by atoms with E-state index in [0.29, 0.717) is 5.92 Å². The zero-order valence-corrected chi connectivity index (χ0v) is 15.9. The lowest BCUT2D eigenvalue weighted by Gasteiger charge is -2.49. The maximum atomic E-state index is 12.8. The highest BCUT2D eigenvalue weighted by atomic mass is 16.6. The van der Waals surface area contributed by atoms with E-state index in [1.165, 1.54) is 32.1 Å². The lowest BCUT2D eigenvalue weighted by atomic mass is 9.60. The number of rotatable bonds is 5. The van der Waals surface area contributed by atoms with Crippen LogP contribution in [0.5, 0.6) is 0 Å². The van der Waals surface area contributed by atoms with Gasteiger partial charge in [0.25, 0.3) is 0 Å². The van der Waals surface area contributed by atoms with Crippen molar-refractivity contribution in [1.82, 2.24) is 0 Å². The molecular formula is C21H36O2. The summed E-state index contributed by atoms with van der Waals surface area (Å²) in [4.78, 5) is 12.8. The maximum Gasteiger partial charge on any atom is 0.312 e. The molecule has 0 saturated heterocycles. The first-order chi connectivity index (χ1) is 10.9. The summed E-state index contributed by atoms with van der Waals surface area (Å²) in [6.45, 7) is 10.8. The zero-order chi connectivity index (χ0) is 16.8. The first kappa shape index (κ1) is 17.3. The molecule has 132 valence electrons. The molecule has 0 aliphatic heterocycles. The normalized spacial score (nSPS) is 42.6. The molecule has 0 heterocycles. The topological polar surface area (TPSA) is 26.3 Å². The maximum absolute atomic E-state index is 12.8. The lowest BCUT2D eigenvalue weighted by molar-refractivity contribution is -0.184. The SMILES string of the molecule is CCC1CCCC2C3CC(C12)C(CC)(OC(=O)C(C)(C)CC)C3. The van der Waals surface area contributed by atoms with Gasteiger partial charge >= 0.3 is 5.97 Å². The first-order valence-corrected chi connectivity index (χ1v) is 10.1. The molecule has 3 aliphatic rings. The molecule has 0 radical (unpaired) electrons. The van der Waals surface area contributed by atoms with Crippen molar-refractivity contribution in [3.05, 3.63) is 0 Å². The van der Waals surface area contributed by atoms with Crippen molar-refractivity contribution >= 4 is 5.97 Å². The molecule has 0 amide bonds. The molecule has 0 aromatic carbocycles. The Kier molecular flexibility index (Phi) is 4.57. The minimum atomic E-state index is -0.347. The summed E-state index contributed by atoms with van der Waals surface area (Å²) in [5.41, 5.74) is -0.500. The number of ether oxygens (including phenoxy) is 1. The summed E-state index contributed by atoms with van der Waals surface area (Å²) >= 11 is 0. The quantitative estimate of drug-likeness (QED) is 0.617. The second kappa shape index (κ2) is 6.08. The Morgan fingerprint density at radius 3 is 2.57 bits per heavy atom. The molecule has 0 N–H and O–H groups in total. The van der Waals surface area contributed by atoms with E-state index in [2.05, 4.69) is 20.8 Å². The molecule has 3 fully saturated rings. The first-order valence-electron chi connectivity index (χ1n) is 10.1. The van der Waals surface area contributed by atoms with E-state index in [0.717, 1.165) is 42.9 Å². The van der Waals surface area contributed by atoms with Crippen molar-refractivity contribution < 1.29 is 9.53 Å². The van der Waals surface area contributed by atoms with Gasteiger partial charge in [0, 0.05) is 5.92 Å². The molecule has 0 aromatic heterocycles. The molecule has 3 aliphatic carbocycles. The number of carbonyl (C=O) groups is 1. The summed E-state index contributed by atoms with van der Waals surface area (Å²) in [6.07, 6.45) is 9.86. The molecule has 3 saturated carbocycles. The van der Waals surface area contributed by atoms with E-state index >= 15 is 0 Å². The van der Waals surface area contributed by atoms with Gasteiger partial charge in [0.2, 0.25) is 0 Å². The van der Waals surface area contributed by atoms with Gasteiger partial charge in [-0.05, 0) is 69.6 Å². The molecule has 2 heteroatoms. The number of hydrogen-bond donors (Lipinski definition) is 0. The molecule has 0 spiro atoms. The monoisotopic (exact) mass is 320 g/mol. The lowest BCUT2D eigenvalue weighted by Crippen LogP contribution is -2.50. The van der Waals surface area contributed by atoms with E-state index in [9.17, 15) is 4.79 Å².